The highest BCUT2D eigenvalue weighted by molar-refractivity contribution is 6.22. The first kappa shape index (κ1) is 7.92. The summed E-state index contributed by atoms with van der Waals surface area (Å²) in [4.78, 5) is 10.3. The molecule has 0 amide bonds. The number of hydrogen-bond acceptors (Lipinski definition) is 2. The van der Waals surface area contributed by atoms with Gasteiger partial charge in [-0.25, -0.2) is 0 Å². The number of Topliss-reactive ketones (excluding diaryl/α,β-unsaturated/α-hetero) is 1. The molecule has 2 nitrogen and oxygen atoms in total. The lowest BCUT2D eigenvalue weighted by Gasteiger charge is -2.06. The molecule has 0 aromatic heterocycles. The molecule has 0 aliphatic carbocycles. The van der Waals surface area contributed by atoms with Gasteiger partial charge in [-0.15, -0.1) is 11.6 Å². The summed E-state index contributed by atoms with van der Waals surface area (Å²) in [7, 11) is 0. The van der Waals surface area contributed by atoms with E-state index >= 15 is 0 Å². The van der Waals surface area contributed by atoms with Gasteiger partial charge >= 0.3 is 0 Å². The number of hydrogen-bond donors (Lipinski definition) is 1. The molecular formula is C5H9ClO2. The van der Waals surface area contributed by atoms with E-state index in [2.05, 4.69) is 0 Å². The number of alkyl halides is 1. The summed E-state index contributed by atoms with van der Waals surface area (Å²) in [5, 5.41) is 8.24. The van der Waals surface area contributed by atoms with E-state index in [1.807, 2.05) is 0 Å². The monoisotopic (exact) mass is 136 g/mol. The molecule has 0 aromatic carbocycles. The van der Waals surface area contributed by atoms with Gasteiger partial charge in [0.25, 0.3) is 0 Å². The zero-order chi connectivity index (χ0) is 6.73. The SMILES string of the molecule is CC(=O)[C@@H](O)[C@@H](C)Cl. The van der Waals surface area contributed by atoms with Crippen molar-refractivity contribution in [1.29, 1.82) is 0 Å². The van der Waals surface area contributed by atoms with E-state index < -0.39 is 11.5 Å². The van der Waals surface area contributed by atoms with Crippen LogP contribution in [0.3, 0.4) is 0 Å². The van der Waals surface area contributed by atoms with Crippen LogP contribution in [-0.4, -0.2) is 22.4 Å². The third kappa shape index (κ3) is 2.28. The Hall–Kier alpha value is -0.0800. The molecule has 0 rings (SSSR count). The van der Waals surface area contributed by atoms with Gasteiger partial charge < -0.3 is 5.11 Å². The van der Waals surface area contributed by atoms with E-state index in [1.54, 1.807) is 6.92 Å². The van der Waals surface area contributed by atoms with Crippen LogP contribution < -0.4 is 0 Å². The number of halogens is 1. The second kappa shape index (κ2) is 3.05. The van der Waals surface area contributed by atoms with Crippen LogP contribution in [0.5, 0.6) is 0 Å². The molecule has 0 aliphatic rings. The minimum Gasteiger partial charge on any atom is -0.384 e. The molecule has 8 heavy (non-hydrogen) atoms. The van der Waals surface area contributed by atoms with Crippen LogP contribution in [0.25, 0.3) is 0 Å². The Labute approximate surface area is 53.5 Å². The van der Waals surface area contributed by atoms with Crippen LogP contribution in [0.15, 0.2) is 0 Å². The van der Waals surface area contributed by atoms with Crippen molar-refractivity contribution < 1.29 is 9.90 Å². The summed E-state index contributed by atoms with van der Waals surface area (Å²) < 4.78 is 0. The topological polar surface area (TPSA) is 37.3 Å². The lowest BCUT2D eigenvalue weighted by molar-refractivity contribution is -0.124. The molecule has 0 heterocycles. The van der Waals surface area contributed by atoms with Gasteiger partial charge in [-0.2, -0.15) is 0 Å². The normalized spacial score (nSPS) is 17.5. The highest BCUT2D eigenvalue weighted by Crippen LogP contribution is 2.00. The predicted octanol–water partition coefficient (Wildman–Crippen LogP) is 0.564. The number of aliphatic hydroxyl groups excluding tert-OH is 1. The van der Waals surface area contributed by atoms with Gasteiger partial charge in [0.05, 0.1) is 5.38 Å². The molecule has 0 saturated heterocycles. The Morgan fingerprint density at radius 2 is 2.12 bits per heavy atom. The van der Waals surface area contributed by atoms with Gasteiger partial charge in [-0.1, -0.05) is 0 Å². The first-order valence-electron chi connectivity index (χ1n) is 2.38. The molecule has 3 heteroatoms. The van der Waals surface area contributed by atoms with Gasteiger partial charge in [-0.05, 0) is 13.8 Å². The van der Waals surface area contributed by atoms with Gasteiger partial charge in [0, 0.05) is 0 Å². The Kier molecular flexibility index (Phi) is 3.02. The zero-order valence-corrected chi connectivity index (χ0v) is 5.64. The molecule has 0 aliphatic heterocycles. The summed E-state index contributed by atoms with van der Waals surface area (Å²) in [5.74, 6) is -0.285. The standard InChI is InChI=1S/C5H9ClO2/c1-3(6)5(8)4(2)7/h3,5,8H,1-2H3/t3-,5+/m1/s1. The predicted molar refractivity (Wildman–Crippen MR) is 32.0 cm³/mol. The molecular weight excluding hydrogens is 128 g/mol. The average molecular weight is 137 g/mol. The van der Waals surface area contributed by atoms with E-state index in [9.17, 15) is 4.79 Å². The zero-order valence-electron chi connectivity index (χ0n) is 4.89. The molecule has 0 unspecified atom stereocenters. The molecule has 0 radical (unpaired) electrons. The smallest absolute Gasteiger partial charge is 0.159 e. The largest absolute Gasteiger partial charge is 0.384 e. The summed E-state index contributed by atoms with van der Waals surface area (Å²) in [6.45, 7) is 2.89. The van der Waals surface area contributed by atoms with Crippen molar-refractivity contribution in [2.24, 2.45) is 0 Å². The fourth-order valence-corrected chi connectivity index (χ4v) is 0.501. The number of ketones is 1. The molecule has 0 bridgehead atoms. The minimum atomic E-state index is -1.00. The second-order valence-corrected chi connectivity index (χ2v) is 2.42. The lowest BCUT2D eigenvalue weighted by Crippen LogP contribution is -2.25. The number of carbonyl (C=O) groups is 1. The van der Waals surface area contributed by atoms with Crippen molar-refractivity contribution in [3.8, 4) is 0 Å². The fraction of sp³-hybridized carbons (Fsp3) is 0.800. The van der Waals surface area contributed by atoms with Crippen LogP contribution in [0.4, 0.5) is 0 Å². The van der Waals surface area contributed by atoms with Crippen LogP contribution in [0, 0.1) is 0 Å². The quantitative estimate of drug-likeness (QED) is 0.564. The summed E-state index contributed by atoms with van der Waals surface area (Å²) >= 11 is 5.35. The van der Waals surface area contributed by atoms with E-state index in [4.69, 9.17) is 16.7 Å². The van der Waals surface area contributed by atoms with Gasteiger partial charge in [0.1, 0.15) is 6.10 Å². The maximum absolute atomic E-state index is 10.3. The van der Waals surface area contributed by atoms with Crippen LogP contribution >= 0.6 is 11.6 Å². The van der Waals surface area contributed by atoms with Crippen LogP contribution in [0.1, 0.15) is 13.8 Å². The van der Waals surface area contributed by atoms with E-state index in [1.165, 1.54) is 6.92 Å². The van der Waals surface area contributed by atoms with E-state index in [-0.39, 0.29) is 5.78 Å². The molecule has 1 N–H and O–H groups in total. The number of aliphatic hydroxyl groups is 1. The number of carbonyl (C=O) groups excluding carboxylic acids is 1. The van der Waals surface area contributed by atoms with Crippen molar-refractivity contribution >= 4 is 17.4 Å². The third-order valence-corrected chi connectivity index (χ3v) is 1.09. The molecule has 2 atom stereocenters. The Bertz CT molecular complexity index is 90.4. The fourth-order valence-electron chi connectivity index (χ4n) is 0.323. The molecule has 48 valence electrons. The molecule has 0 fully saturated rings. The molecule has 0 aromatic rings. The first-order valence-corrected chi connectivity index (χ1v) is 2.82. The third-order valence-electron chi connectivity index (χ3n) is 0.852. The Balaban J connectivity index is 3.64. The molecule has 0 saturated carbocycles. The molecule has 0 spiro atoms. The summed E-state index contributed by atoms with van der Waals surface area (Å²) in [6.07, 6.45) is -1.00. The minimum absolute atomic E-state index is 0.285. The highest BCUT2D eigenvalue weighted by Gasteiger charge is 2.14. The van der Waals surface area contributed by atoms with Crippen molar-refractivity contribution in [3.05, 3.63) is 0 Å². The lowest BCUT2D eigenvalue weighted by atomic mass is 10.2. The highest BCUT2D eigenvalue weighted by atomic mass is 35.5. The second-order valence-electron chi connectivity index (χ2n) is 1.73. The van der Waals surface area contributed by atoms with Crippen molar-refractivity contribution in [1.82, 2.24) is 0 Å². The van der Waals surface area contributed by atoms with E-state index in [0.717, 1.165) is 0 Å². The summed E-state index contributed by atoms with van der Waals surface area (Å²) in [6, 6.07) is 0. The van der Waals surface area contributed by atoms with Crippen LogP contribution in [0.2, 0.25) is 0 Å². The van der Waals surface area contributed by atoms with Gasteiger partial charge in [-0.3, -0.25) is 4.79 Å². The Morgan fingerprint density at radius 1 is 1.75 bits per heavy atom. The van der Waals surface area contributed by atoms with Crippen molar-refractivity contribution in [2.45, 2.75) is 25.3 Å². The van der Waals surface area contributed by atoms with Crippen molar-refractivity contribution in [2.75, 3.05) is 0 Å². The number of rotatable bonds is 2. The first-order chi connectivity index (χ1) is 3.55. The Morgan fingerprint density at radius 3 is 2.12 bits per heavy atom. The average Bonchev–Trinajstić information content (AvgIpc) is 1.64. The van der Waals surface area contributed by atoms with Gasteiger partial charge in [0.15, 0.2) is 5.78 Å². The van der Waals surface area contributed by atoms with Crippen molar-refractivity contribution in [3.63, 3.8) is 0 Å². The maximum Gasteiger partial charge on any atom is 0.159 e. The van der Waals surface area contributed by atoms with Crippen LogP contribution in [-0.2, 0) is 4.79 Å². The van der Waals surface area contributed by atoms with E-state index in [0.29, 0.717) is 0 Å². The maximum atomic E-state index is 10.3. The summed E-state index contributed by atoms with van der Waals surface area (Å²) in [5.41, 5.74) is 0. The van der Waals surface area contributed by atoms with Gasteiger partial charge in [0.2, 0.25) is 0 Å².